The predicted octanol–water partition coefficient (Wildman–Crippen LogP) is 19.9. The highest BCUT2D eigenvalue weighted by Crippen LogP contribution is 2.15. The SMILES string of the molecule is CC/C=C\C/C=C\C/C=C\C/C=C\C/C=C\CCCCCCCCCCCC(=O)OCC(COC(=O)CCCCCCCCCCCCCCC)OC(=O)CCCC/C=C\C/C=C\C/C=C\C/C=C\CC. The topological polar surface area (TPSA) is 78.9 Å². The Morgan fingerprint density at radius 3 is 0.887 bits per heavy atom. The molecule has 6 heteroatoms. The molecule has 0 aliphatic heterocycles. The van der Waals surface area contributed by atoms with E-state index in [4.69, 9.17) is 14.2 Å². The molecule has 0 aromatic heterocycles. The second kappa shape index (κ2) is 58.6. The second-order valence-electron chi connectivity index (χ2n) is 19.1. The molecular weight excluding hydrogens is 877 g/mol. The minimum Gasteiger partial charge on any atom is -0.462 e. The summed E-state index contributed by atoms with van der Waals surface area (Å²) in [6, 6.07) is 0. The predicted molar refractivity (Wildman–Crippen MR) is 307 cm³/mol. The third kappa shape index (κ3) is 56.9. The number of hydrogen-bond donors (Lipinski definition) is 0. The first-order chi connectivity index (χ1) is 35.0. The van der Waals surface area contributed by atoms with E-state index in [0.717, 1.165) is 116 Å². The fraction of sp³-hybridized carbons (Fsp3) is 0.677. The van der Waals surface area contributed by atoms with Gasteiger partial charge in [0.1, 0.15) is 13.2 Å². The van der Waals surface area contributed by atoms with E-state index in [1.807, 2.05) is 0 Å². The van der Waals surface area contributed by atoms with Crippen LogP contribution in [0.25, 0.3) is 0 Å². The standard InChI is InChI=1S/C65H108O6/c1-4-7-10-13-16-19-22-25-27-28-29-30-31-32-33-34-35-36-38-40-43-46-49-52-55-58-64(67)70-61-62(60-69-63(66)57-54-51-48-45-42-39-24-21-18-15-12-9-6-3)71-65(68)59-56-53-50-47-44-41-37-26-23-20-17-14-11-8-5-2/h7-8,10-11,16-17,19-20,25-27,29-30,32-33,37,44,47,62H,4-6,9,12-15,18,21-24,28,31,34-36,38-43,45-46,48-61H2,1-3H3/b10-7-,11-8-,19-16-,20-17-,27-25-,30-29-,33-32-,37-26-,47-44-. The maximum atomic E-state index is 12.8. The molecule has 0 aromatic carbocycles. The van der Waals surface area contributed by atoms with Crippen molar-refractivity contribution in [3.8, 4) is 0 Å². The van der Waals surface area contributed by atoms with Gasteiger partial charge in [-0.2, -0.15) is 0 Å². The van der Waals surface area contributed by atoms with Gasteiger partial charge < -0.3 is 14.2 Å². The van der Waals surface area contributed by atoms with Crippen LogP contribution in [0, 0.1) is 0 Å². The van der Waals surface area contributed by atoms with Gasteiger partial charge >= 0.3 is 17.9 Å². The van der Waals surface area contributed by atoms with Crippen molar-refractivity contribution in [2.75, 3.05) is 13.2 Å². The minimum absolute atomic E-state index is 0.0956. The molecule has 0 saturated carbocycles. The minimum atomic E-state index is -0.802. The van der Waals surface area contributed by atoms with E-state index in [-0.39, 0.29) is 37.5 Å². The van der Waals surface area contributed by atoms with Gasteiger partial charge in [-0.05, 0) is 103 Å². The highest BCUT2D eigenvalue weighted by atomic mass is 16.6. The van der Waals surface area contributed by atoms with E-state index >= 15 is 0 Å². The summed E-state index contributed by atoms with van der Waals surface area (Å²) in [4.78, 5) is 38.1. The number of rotatable bonds is 52. The summed E-state index contributed by atoms with van der Waals surface area (Å²) in [5.74, 6) is -0.941. The van der Waals surface area contributed by atoms with Crippen LogP contribution in [0.5, 0.6) is 0 Å². The van der Waals surface area contributed by atoms with Crippen LogP contribution >= 0.6 is 0 Å². The van der Waals surface area contributed by atoms with Crippen molar-refractivity contribution in [3.05, 3.63) is 109 Å². The summed E-state index contributed by atoms with van der Waals surface area (Å²) in [5.41, 5.74) is 0. The summed E-state index contributed by atoms with van der Waals surface area (Å²) < 4.78 is 16.8. The maximum absolute atomic E-state index is 12.8. The molecule has 0 saturated heterocycles. The zero-order chi connectivity index (χ0) is 51.4. The zero-order valence-corrected chi connectivity index (χ0v) is 46.2. The van der Waals surface area contributed by atoms with E-state index in [1.165, 1.54) is 103 Å². The van der Waals surface area contributed by atoms with Crippen molar-refractivity contribution in [1.29, 1.82) is 0 Å². The first-order valence-electron chi connectivity index (χ1n) is 29.4. The van der Waals surface area contributed by atoms with Gasteiger partial charge in [0.05, 0.1) is 0 Å². The Morgan fingerprint density at radius 2 is 0.549 bits per heavy atom. The molecule has 1 unspecified atom stereocenters. The molecule has 0 spiro atoms. The van der Waals surface area contributed by atoms with Crippen LogP contribution in [0.2, 0.25) is 0 Å². The molecule has 0 aliphatic rings. The fourth-order valence-electron chi connectivity index (χ4n) is 7.93. The molecule has 404 valence electrons. The summed E-state index contributed by atoms with van der Waals surface area (Å²) in [7, 11) is 0. The lowest BCUT2D eigenvalue weighted by molar-refractivity contribution is -0.167. The number of hydrogen-bond acceptors (Lipinski definition) is 6. The average molecular weight is 986 g/mol. The van der Waals surface area contributed by atoms with E-state index < -0.39 is 6.10 Å². The normalized spacial score (nSPS) is 12.9. The third-order valence-electron chi connectivity index (χ3n) is 12.3. The van der Waals surface area contributed by atoms with E-state index in [0.29, 0.717) is 19.3 Å². The second-order valence-corrected chi connectivity index (χ2v) is 19.1. The van der Waals surface area contributed by atoms with E-state index in [1.54, 1.807) is 0 Å². The fourth-order valence-corrected chi connectivity index (χ4v) is 7.93. The Hall–Kier alpha value is -3.93. The molecule has 0 heterocycles. The average Bonchev–Trinajstić information content (AvgIpc) is 3.37. The number of allylic oxidation sites excluding steroid dienone is 18. The van der Waals surface area contributed by atoms with Crippen molar-refractivity contribution in [2.45, 2.75) is 271 Å². The van der Waals surface area contributed by atoms with Crippen LogP contribution in [-0.4, -0.2) is 37.2 Å². The Bertz CT molecular complexity index is 1460. The lowest BCUT2D eigenvalue weighted by Crippen LogP contribution is -2.30. The largest absolute Gasteiger partial charge is 0.462 e. The van der Waals surface area contributed by atoms with Crippen LogP contribution in [-0.2, 0) is 28.6 Å². The molecule has 71 heavy (non-hydrogen) atoms. The lowest BCUT2D eigenvalue weighted by atomic mass is 10.0. The van der Waals surface area contributed by atoms with Gasteiger partial charge in [0.25, 0.3) is 0 Å². The number of esters is 3. The van der Waals surface area contributed by atoms with Crippen LogP contribution < -0.4 is 0 Å². The number of ether oxygens (including phenoxy) is 3. The van der Waals surface area contributed by atoms with Crippen molar-refractivity contribution >= 4 is 17.9 Å². The highest BCUT2D eigenvalue weighted by molar-refractivity contribution is 5.71. The zero-order valence-electron chi connectivity index (χ0n) is 46.2. The highest BCUT2D eigenvalue weighted by Gasteiger charge is 2.19. The first-order valence-corrected chi connectivity index (χ1v) is 29.4. The Labute approximate surface area is 438 Å². The van der Waals surface area contributed by atoms with Crippen LogP contribution in [0.1, 0.15) is 265 Å². The molecule has 0 rings (SSSR count). The lowest BCUT2D eigenvalue weighted by Gasteiger charge is -2.18. The Morgan fingerprint density at radius 1 is 0.296 bits per heavy atom. The smallest absolute Gasteiger partial charge is 0.306 e. The molecule has 0 aromatic rings. The summed E-state index contributed by atoms with van der Waals surface area (Å²) in [6.45, 7) is 6.38. The molecule has 0 bridgehead atoms. The van der Waals surface area contributed by atoms with Crippen molar-refractivity contribution < 1.29 is 28.6 Å². The van der Waals surface area contributed by atoms with Crippen LogP contribution in [0.15, 0.2) is 109 Å². The molecule has 0 aliphatic carbocycles. The summed E-state index contributed by atoms with van der Waals surface area (Å²) in [5, 5.41) is 0. The molecule has 0 fully saturated rings. The van der Waals surface area contributed by atoms with Crippen LogP contribution in [0.3, 0.4) is 0 Å². The summed E-state index contributed by atoms with van der Waals surface area (Å²) >= 11 is 0. The Balaban J connectivity index is 4.37. The van der Waals surface area contributed by atoms with Gasteiger partial charge in [-0.25, -0.2) is 0 Å². The van der Waals surface area contributed by atoms with Gasteiger partial charge in [0.15, 0.2) is 6.10 Å². The molecule has 0 N–H and O–H groups in total. The van der Waals surface area contributed by atoms with Gasteiger partial charge in [-0.1, -0.05) is 252 Å². The van der Waals surface area contributed by atoms with E-state index in [9.17, 15) is 14.4 Å². The van der Waals surface area contributed by atoms with E-state index in [2.05, 4.69) is 130 Å². The quantitative estimate of drug-likeness (QED) is 0.0261. The van der Waals surface area contributed by atoms with Gasteiger partial charge in [-0.3, -0.25) is 14.4 Å². The van der Waals surface area contributed by atoms with Gasteiger partial charge in [-0.15, -0.1) is 0 Å². The summed E-state index contributed by atoms with van der Waals surface area (Å²) in [6.07, 6.45) is 79.4. The first kappa shape index (κ1) is 67.1. The molecular formula is C65H108O6. The van der Waals surface area contributed by atoms with Crippen molar-refractivity contribution in [1.82, 2.24) is 0 Å². The van der Waals surface area contributed by atoms with Gasteiger partial charge in [0.2, 0.25) is 0 Å². The molecule has 1 atom stereocenters. The maximum Gasteiger partial charge on any atom is 0.306 e. The number of carbonyl (C=O) groups excluding carboxylic acids is 3. The molecule has 6 nitrogen and oxygen atoms in total. The Kier molecular flexibility index (Phi) is 55.4. The van der Waals surface area contributed by atoms with Crippen molar-refractivity contribution in [3.63, 3.8) is 0 Å². The number of unbranched alkanes of at least 4 members (excludes halogenated alkanes) is 23. The molecule has 0 amide bonds. The van der Waals surface area contributed by atoms with Crippen LogP contribution in [0.4, 0.5) is 0 Å². The number of carbonyl (C=O) groups is 3. The third-order valence-corrected chi connectivity index (χ3v) is 12.3. The molecule has 0 radical (unpaired) electrons. The van der Waals surface area contributed by atoms with Gasteiger partial charge in [0, 0.05) is 19.3 Å². The van der Waals surface area contributed by atoms with Crippen molar-refractivity contribution in [2.24, 2.45) is 0 Å². The monoisotopic (exact) mass is 985 g/mol.